The van der Waals surface area contributed by atoms with E-state index in [1.54, 1.807) is 50.2 Å². The van der Waals surface area contributed by atoms with Gasteiger partial charge in [0.25, 0.3) is 5.88 Å². The zero-order valence-corrected chi connectivity index (χ0v) is 25.6. The molecule has 0 radical (unpaired) electrons. The van der Waals surface area contributed by atoms with Gasteiger partial charge in [0.1, 0.15) is 23.7 Å². The van der Waals surface area contributed by atoms with Crippen molar-refractivity contribution in [2.75, 3.05) is 14.2 Å². The van der Waals surface area contributed by atoms with Crippen molar-refractivity contribution in [3.63, 3.8) is 0 Å². The first-order valence-corrected chi connectivity index (χ1v) is 13.1. The molecule has 12 heteroatoms. The van der Waals surface area contributed by atoms with Crippen molar-refractivity contribution in [1.29, 1.82) is 0 Å². The quantitative estimate of drug-likeness (QED) is 0.186. The van der Waals surface area contributed by atoms with Gasteiger partial charge in [0, 0.05) is 41.4 Å². The highest BCUT2D eigenvalue weighted by atomic mass is 32.1. The van der Waals surface area contributed by atoms with Crippen molar-refractivity contribution in [1.82, 2.24) is 40.0 Å². The van der Waals surface area contributed by atoms with Gasteiger partial charge in [0.15, 0.2) is 0 Å². The highest BCUT2D eigenvalue weighted by molar-refractivity contribution is 7.09. The molecule has 0 fully saturated rings. The summed E-state index contributed by atoms with van der Waals surface area (Å²) >= 11 is 1.67. The fourth-order valence-electron chi connectivity index (χ4n) is 2.88. The molecule has 5 heterocycles. The molecular formula is C32H54N8O3S. The van der Waals surface area contributed by atoms with E-state index in [1.807, 2.05) is 72.9 Å². The van der Waals surface area contributed by atoms with Crippen LogP contribution < -0.4 is 9.47 Å². The predicted octanol–water partition coefficient (Wildman–Crippen LogP) is 8.28. The highest BCUT2D eigenvalue weighted by Crippen LogP contribution is 2.24. The summed E-state index contributed by atoms with van der Waals surface area (Å²) in [6.45, 7) is 15.3. The molecule has 5 aromatic heterocycles. The fraction of sp³-hybridized carbons (Fsp3) is 0.438. The van der Waals surface area contributed by atoms with Gasteiger partial charge in [-0.1, -0.05) is 34.9 Å². The Kier molecular flexibility index (Phi) is 27.9. The van der Waals surface area contributed by atoms with Gasteiger partial charge in [-0.05, 0) is 67.5 Å². The predicted molar refractivity (Wildman–Crippen MR) is 183 cm³/mol. The Balaban J connectivity index is -0.000000225. The number of nitrogens with zero attached hydrogens (tertiary/aromatic N) is 8. The molecule has 44 heavy (non-hydrogen) atoms. The van der Waals surface area contributed by atoms with Crippen LogP contribution in [0.1, 0.15) is 74.9 Å². The third kappa shape index (κ3) is 20.5. The molecule has 0 aliphatic carbocycles. The lowest BCUT2D eigenvalue weighted by molar-refractivity contribution is 0.338. The maximum absolute atomic E-state index is 5.02. The maximum atomic E-state index is 5.02. The second-order valence-electron chi connectivity index (χ2n) is 8.13. The van der Waals surface area contributed by atoms with Crippen molar-refractivity contribution in [2.45, 2.75) is 85.1 Å². The molecule has 0 amide bonds. The number of methoxy groups -OCH3 is 2. The summed E-state index contributed by atoms with van der Waals surface area (Å²) in [5.41, 5.74) is 3.80. The molecule has 5 rings (SSSR count). The Labute approximate surface area is 269 Å². The molecule has 0 unspecified atom stereocenters. The van der Waals surface area contributed by atoms with Crippen LogP contribution in [-0.4, -0.2) is 54.3 Å². The van der Waals surface area contributed by atoms with Crippen molar-refractivity contribution < 1.29 is 14.0 Å². The maximum Gasteiger partial charge on any atom is 0.260 e. The molecule has 246 valence electrons. The molecule has 0 aromatic carbocycles. The summed E-state index contributed by atoms with van der Waals surface area (Å²) in [7, 11) is 3.11. The van der Waals surface area contributed by atoms with Crippen LogP contribution in [0.15, 0.2) is 53.0 Å². The molecule has 0 saturated heterocycles. The zero-order chi connectivity index (χ0) is 29.9. The second kappa shape index (κ2) is 26.3. The van der Waals surface area contributed by atoms with Crippen LogP contribution in [0.25, 0.3) is 0 Å². The van der Waals surface area contributed by atoms with Crippen LogP contribution in [0.2, 0.25) is 0 Å². The van der Waals surface area contributed by atoms with E-state index in [0.717, 1.165) is 45.2 Å². The summed E-state index contributed by atoms with van der Waals surface area (Å²) < 4.78 is 14.7. The molecular weight excluding hydrogens is 576 g/mol. The molecule has 11 nitrogen and oxygen atoms in total. The van der Waals surface area contributed by atoms with Crippen molar-refractivity contribution in [2.24, 2.45) is 0 Å². The number of aromatic nitrogens is 8. The smallest absolute Gasteiger partial charge is 0.260 e. The van der Waals surface area contributed by atoms with Crippen LogP contribution in [0.4, 0.5) is 0 Å². The second-order valence-corrected chi connectivity index (χ2v) is 9.22. The van der Waals surface area contributed by atoms with E-state index < -0.39 is 0 Å². The number of aryl methyl sites for hydroxylation is 8. The molecule has 0 N–H and O–H groups in total. The van der Waals surface area contributed by atoms with Crippen LogP contribution in [0, 0.1) is 55.4 Å². The minimum atomic E-state index is 0. The van der Waals surface area contributed by atoms with Crippen molar-refractivity contribution in [3.8, 4) is 11.6 Å². The Morgan fingerprint density at radius 2 is 1.23 bits per heavy atom. The molecule has 0 aliphatic rings. The lowest BCUT2D eigenvalue weighted by atomic mass is 10.3. The molecule has 5 aromatic rings. The summed E-state index contributed by atoms with van der Waals surface area (Å²) in [5.74, 6) is 3.61. The first-order valence-electron chi connectivity index (χ1n) is 12.2. The fourth-order valence-corrected chi connectivity index (χ4v) is 3.32. The average Bonchev–Trinajstić information content (AvgIpc) is 3.54. The van der Waals surface area contributed by atoms with Crippen molar-refractivity contribution >= 4 is 11.3 Å². The van der Waals surface area contributed by atoms with Gasteiger partial charge in [-0.15, -0.1) is 11.3 Å². The lowest BCUT2D eigenvalue weighted by Gasteiger charge is -2.06. The Bertz CT molecular complexity index is 1300. The summed E-state index contributed by atoms with van der Waals surface area (Å²) in [5, 5.41) is 6.74. The lowest BCUT2D eigenvalue weighted by Crippen LogP contribution is -1.97. The minimum Gasteiger partial charge on any atom is -0.490 e. The normalized spacial score (nSPS) is 8.41. The average molecular weight is 631 g/mol. The van der Waals surface area contributed by atoms with E-state index >= 15 is 0 Å². The van der Waals surface area contributed by atoms with Gasteiger partial charge in [-0.2, -0.15) is 4.98 Å². The number of thiazole rings is 1. The third-order valence-electron chi connectivity index (χ3n) is 4.44. The van der Waals surface area contributed by atoms with Gasteiger partial charge in [0.2, 0.25) is 5.75 Å². The monoisotopic (exact) mass is 630 g/mol. The third-order valence-corrected chi connectivity index (χ3v) is 5.14. The Morgan fingerprint density at radius 3 is 1.50 bits per heavy atom. The number of hydrogen-bond acceptors (Lipinski definition) is 12. The molecule has 0 aliphatic heterocycles. The largest absolute Gasteiger partial charge is 0.490 e. The first kappa shape index (κ1) is 46.6. The first-order chi connectivity index (χ1) is 19.0. The van der Waals surface area contributed by atoms with Gasteiger partial charge >= 0.3 is 0 Å². The Morgan fingerprint density at radius 1 is 0.636 bits per heavy atom. The van der Waals surface area contributed by atoms with Gasteiger partial charge in [0.05, 0.1) is 30.6 Å². The molecule has 0 saturated carbocycles. The van der Waals surface area contributed by atoms with Gasteiger partial charge in [-0.25, -0.2) is 24.9 Å². The molecule has 0 bridgehead atoms. The van der Waals surface area contributed by atoms with Crippen molar-refractivity contribution in [3.05, 3.63) is 93.7 Å². The van der Waals surface area contributed by atoms with E-state index in [4.69, 9.17) is 14.0 Å². The van der Waals surface area contributed by atoms with Gasteiger partial charge in [-0.3, -0.25) is 4.98 Å². The van der Waals surface area contributed by atoms with Crippen LogP contribution >= 0.6 is 11.3 Å². The van der Waals surface area contributed by atoms with E-state index in [9.17, 15) is 0 Å². The van der Waals surface area contributed by atoms with E-state index in [1.165, 1.54) is 6.33 Å². The van der Waals surface area contributed by atoms with E-state index in [2.05, 4.69) is 40.0 Å². The topological polar surface area (TPSA) is 135 Å². The standard InChI is InChI=1S/C7H10N2O2.C7H10N2.C5H6N2.C5H7NO.C4H5NS.4CH4/c1-5-6(10-2)7(11-3)9-4-8-5;1-5-4-6(2)9-7(3)8-5;1-5-6-3-2-4-7-5;1-4-3-5(2)7-6-4;1-4-5-2-3-6-4;;;;/h4H,1-3H3;4H,1-3H3;2-4H,1H3;3H,1-2H3;2-3H,1H3;4*1H4. The summed E-state index contributed by atoms with van der Waals surface area (Å²) in [6, 6.07) is 5.65. The molecule has 0 spiro atoms. The summed E-state index contributed by atoms with van der Waals surface area (Å²) in [6.07, 6.45) is 6.70. The number of rotatable bonds is 2. The van der Waals surface area contributed by atoms with E-state index in [-0.39, 0.29) is 29.7 Å². The number of hydrogen-bond donors (Lipinski definition) is 0. The van der Waals surface area contributed by atoms with Crippen LogP contribution in [0.5, 0.6) is 11.6 Å². The summed E-state index contributed by atoms with van der Waals surface area (Å²) in [4.78, 5) is 27.7. The Hall–Kier alpha value is -4.32. The van der Waals surface area contributed by atoms with Crippen LogP contribution in [-0.2, 0) is 0 Å². The van der Waals surface area contributed by atoms with E-state index in [0.29, 0.717) is 11.6 Å². The number of ether oxygens (including phenoxy) is 2. The molecule has 0 atom stereocenters. The zero-order valence-electron chi connectivity index (χ0n) is 24.8. The van der Waals surface area contributed by atoms with Gasteiger partial charge < -0.3 is 14.0 Å². The highest BCUT2D eigenvalue weighted by Gasteiger charge is 2.07. The minimum absolute atomic E-state index is 0. The van der Waals surface area contributed by atoms with Crippen LogP contribution in [0.3, 0.4) is 0 Å². The SMILES string of the molecule is C.C.C.C.COc1ncnc(C)c1OC.Cc1cc(C)nc(C)n1.Cc1cc(C)on1.Cc1ncccn1.Cc1nccs1.